The average Bonchev–Trinajstić information content (AvgIpc) is 2.99. The summed E-state index contributed by atoms with van der Waals surface area (Å²) in [6.45, 7) is 0.141. The molecule has 1 aliphatic rings. The van der Waals surface area contributed by atoms with E-state index in [4.69, 9.17) is 4.74 Å². The van der Waals surface area contributed by atoms with Crippen LogP contribution in [0.4, 0.5) is 4.39 Å². The first-order valence-electron chi connectivity index (χ1n) is 7.73. The van der Waals surface area contributed by atoms with Crippen LogP contribution in [0.1, 0.15) is 15.9 Å². The Balaban J connectivity index is 1.77. The monoisotopic (exact) mass is 335 g/mol. The SMILES string of the molecule is Cn1cc(/C=C2\COc3ccc(F)cc3C2=O)c(-c2ccncc2)n1. The van der Waals surface area contributed by atoms with Gasteiger partial charge in [0.2, 0.25) is 0 Å². The number of ketones is 1. The molecule has 0 atom stereocenters. The van der Waals surface area contributed by atoms with Crippen LogP contribution < -0.4 is 4.74 Å². The molecule has 1 aliphatic heterocycles. The van der Waals surface area contributed by atoms with Gasteiger partial charge in [0.25, 0.3) is 0 Å². The molecule has 4 rings (SSSR count). The summed E-state index contributed by atoms with van der Waals surface area (Å²) in [7, 11) is 1.82. The quantitative estimate of drug-likeness (QED) is 0.675. The number of aryl methyl sites for hydroxylation is 1. The fourth-order valence-corrected chi connectivity index (χ4v) is 2.84. The number of pyridine rings is 1. The summed E-state index contributed by atoms with van der Waals surface area (Å²) in [6.07, 6.45) is 6.96. The number of Topliss-reactive ketones (excluding diaryl/α,β-unsaturated/α-hetero) is 1. The van der Waals surface area contributed by atoms with Gasteiger partial charge in [-0.3, -0.25) is 14.5 Å². The van der Waals surface area contributed by atoms with Gasteiger partial charge < -0.3 is 4.74 Å². The van der Waals surface area contributed by atoms with Crippen molar-refractivity contribution < 1.29 is 13.9 Å². The summed E-state index contributed by atoms with van der Waals surface area (Å²) in [6, 6.07) is 7.68. The summed E-state index contributed by atoms with van der Waals surface area (Å²) >= 11 is 0. The molecule has 0 amide bonds. The first kappa shape index (κ1) is 15.3. The first-order chi connectivity index (χ1) is 12.1. The maximum Gasteiger partial charge on any atom is 0.196 e. The summed E-state index contributed by atoms with van der Waals surface area (Å²) in [4.78, 5) is 16.7. The van der Waals surface area contributed by atoms with Gasteiger partial charge in [0, 0.05) is 42.3 Å². The summed E-state index contributed by atoms with van der Waals surface area (Å²) < 4.78 is 20.7. The molecule has 1 aromatic carbocycles. The Labute approximate surface area is 143 Å². The molecule has 5 nitrogen and oxygen atoms in total. The van der Waals surface area contributed by atoms with E-state index in [1.165, 1.54) is 18.2 Å². The molecule has 124 valence electrons. The van der Waals surface area contributed by atoms with E-state index in [9.17, 15) is 9.18 Å². The second kappa shape index (κ2) is 5.98. The number of rotatable bonds is 2. The number of carbonyl (C=O) groups excluding carboxylic acids is 1. The van der Waals surface area contributed by atoms with Crippen molar-refractivity contribution in [3.05, 3.63) is 71.4 Å². The molecule has 0 N–H and O–H groups in total. The van der Waals surface area contributed by atoms with Gasteiger partial charge >= 0.3 is 0 Å². The molecule has 6 heteroatoms. The van der Waals surface area contributed by atoms with Crippen LogP contribution in [-0.2, 0) is 7.05 Å². The van der Waals surface area contributed by atoms with Crippen LogP contribution in [0.25, 0.3) is 17.3 Å². The Hall–Kier alpha value is -3.28. The minimum Gasteiger partial charge on any atom is -0.488 e. The third kappa shape index (κ3) is 2.82. The zero-order valence-corrected chi connectivity index (χ0v) is 13.4. The molecular formula is C19H14FN3O2. The van der Waals surface area contributed by atoms with E-state index in [1.807, 2.05) is 25.4 Å². The number of halogens is 1. The van der Waals surface area contributed by atoms with Gasteiger partial charge in [-0.25, -0.2) is 4.39 Å². The molecule has 0 unspecified atom stereocenters. The topological polar surface area (TPSA) is 57.0 Å². The number of nitrogens with zero attached hydrogens (tertiary/aromatic N) is 3. The number of aromatic nitrogens is 3. The van der Waals surface area contributed by atoms with Gasteiger partial charge in [-0.15, -0.1) is 0 Å². The number of hydrogen-bond acceptors (Lipinski definition) is 4. The molecule has 3 heterocycles. The molecule has 0 fully saturated rings. The van der Waals surface area contributed by atoms with Crippen LogP contribution in [0.3, 0.4) is 0 Å². The van der Waals surface area contributed by atoms with Gasteiger partial charge in [-0.2, -0.15) is 5.10 Å². The predicted octanol–water partition coefficient (Wildman–Crippen LogP) is 3.28. The number of fused-ring (bicyclic) bond motifs is 1. The number of benzene rings is 1. The lowest BCUT2D eigenvalue weighted by atomic mass is 9.98. The maximum absolute atomic E-state index is 13.5. The minimum absolute atomic E-state index is 0.141. The van der Waals surface area contributed by atoms with Crippen molar-refractivity contribution in [2.45, 2.75) is 0 Å². The lowest BCUT2D eigenvalue weighted by molar-refractivity contribution is 0.1000. The average molecular weight is 335 g/mol. The molecular weight excluding hydrogens is 321 g/mol. The van der Waals surface area contributed by atoms with Crippen molar-refractivity contribution in [2.24, 2.45) is 7.05 Å². The number of carbonyl (C=O) groups is 1. The maximum atomic E-state index is 13.5. The lowest BCUT2D eigenvalue weighted by Crippen LogP contribution is -2.19. The van der Waals surface area contributed by atoms with Crippen LogP contribution >= 0.6 is 0 Å². The molecule has 3 aromatic rings. The van der Waals surface area contributed by atoms with Crippen LogP contribution in [0.2, 0.25) is 0 Å². The fourth-order valence-electron chi connectivity index (χ4n) is 2.84. The van der Waals surface area contributed by atoms with Crippen molar-refractivity contribution >= 4 is 11.9 Å². The first-order valence-corrected chi connectivity index (χ1v) is 7.73. The Morgan fingerprint density at radius 2 is 2.04 bits per heavy atom. The summed E-state index contributed by atoms with van der Waals surface area (Å²) in [5.41, 5.74) is 3.14. The van der Waals surface area contributed by atoms with Crippen molar-refractivity contribution in [3.63, 3.8) is 0 Å². The van der Waals surface area contributed by atoms with Gasteiger partial charge in [-0.1, -0.05) is 0 Å². The molecule has 0 aliphatic carbocycles. The Bertz CT molecular complexity index is 993. The molecule has 0 bridgehead atoms. The van der Waals surface area contributed by atoms with Crippen LogP contribution in [0.5, 0.6) is 5.75 Å². The highest BCUT2D eigenvalue weighted by Crippen LogP contribution is 2.30. The summed E-state index contributed by atoms with van der Waals surface area (Å²) in [5, 5.41) is 4.46. The molecule has 0 saturated heterocycles. The second-order valence-corrected chi connectivity index (χ2v) is 5.77. The predicted molar refractivity (Wildman–Crippen MR) is 90.6 cm³/mol. The van der Waals surface area contributed by atoms with E-state index in [-0.39, 0.29) is 18.0 Å². The molecule has 0 radical (unpaired) electrons. The van der Waals surface area contributed by atoms with E-state index in [0.717, 1.165) is 16.8 Å². The smallest absolute Gasteiger partial charge is 0.196 e. The van der Waals surface area contributed by atoms with Crippen molar-refractivity contribution in [1.82, 2.24) is 14.8 Å². The minimum atomic E-state index is -0.462. The van der Waals surface area contributed by atoms with Crippen LogP contribution in [-0.4, -0.2) is 27.2 Å². The Morgan fingerprint density at radius 1 is 1.24 bits per heavy atom. The molecule has 2 aromatic heterocycles. The third-order valence-corrected chi connectivity index (χ3v) is 4.00. The summed E-state index contributed by atoms with van der Waals surface area (Å²) in [5.74, 6) is -0.287. The van der Waals surface area contributed by atoms with E-state index < -0.39 is 5.82 Å². The highest BCUT2D eigenvalue weighted by Gasteiger charge is 2.24. The van der Waals surface area contributed by atoms with E-state index in [0.29, 0.717) is 11.3 Å². The van der Waals surface area contributed by atoms with Gasteiger partial charge in [0.05, 0.1) is 11.3 Å². The van der Waals surface area contributed by atoms with E-state index in [1.54, 1.807) is 23.2 Å². The van der Waals surface area contributed by atoms with Crippen molar-refractivity contribution in [2.75, 3.05) is 6.61 Å². The molecule has 0 saturated carbocycles. The van der Waals surface area contributed by atoms with Crippen LogP contribution in [0, 0.1) is 5.82 Å². The number of ether oxygens (including phenoxy) is 1. The Morgan fingerprint density at radius 3 is 2.84 bits per heavy atom. The molecule has 0 spiro atoms. The van der Waals surface area contributed by atoms with Crippen molar-refractivity contribution in [1.29, 1.82) is 0 Å². The highest BCUT2D eigenvalue weighted by atomic mass is 19.1. The largest absolute Gasteiger partial charge is 0.488 e. The number of hydrogen-bond donors (Lipinski definition) is 0. The Kier molecular flexibility index (Phi) is 3.65. The van der Waals surface area contributed by atoms with Crippen molar-refractivity contribution in [3.8, 4) is 17.0 Å². The van der Waals surface area contributed by atoms with E-state index >= 15 is 0 Å². The van der Waals surface area contributed by atoms with E-state index in [2.05, 4.69) is 10.1 Å². The second-order valence-electron chi connectivity index (χ2n) is 5.77. The molecule has 25 heavy (non-hydrogen) atoms. The normalized spacial score (nSPS) is 15.1. The van der Waals surface area contributed by atoms with Crippen LogP contribution in [0.15, 0.2) is 54.5 Å². The third-order valence-electron chi connectivity index (χ3n) is 4.00. The highest BCUT2D eigenvalue weighted by molar-refractivity contribution is 6.14. The van der Waals surface area contributed by atoms with Gasteiger partial charge in [-0.05, 0) is 36.4 Å². The lowest BCUT2D eigenvalue weighted by Gasteiger charge is -2.18. The standard InChI is InChI=1S/C19H14FN3O2/c1-23-10-13(18(22-23)12-4-6-21-7-5-12)8-14-11-25-17-3-2-15(20)9-16(17)19(14)24/h2-10H,11H2,1H3/b14-8+. The fraction of sp³-hybridized carbons (Fsp3) is 0.105. The zero-order valence-electron chi connectivity index (χ0n) is 13.4. The zero-order chi connectivity index (χ0) is 17.4. The van der Waals surface area contributed by atoms with Gasteiger partial charge in [0.15, 0.2) is 5.78 Å². The van der Waals surface area contributed by atoms with Gasteiger partial charge in [0.1, 0.15) is 18.2 Å².